The molecule has 0 saturated heterocycles. The van der Waals surface area contributed by atoms with Gasteiger partial charge in [-0.3, -0.25) is 19.1 Å². The number of carbonyl (C=O) groups excluding carboxylic acids is 1. The van der Waals surface area contributed by atoms with E-state index >= 15 is 0 Å². The highest BCUT2D eigenvalue weighted by molar-refractivity contribution is 7.99. The van der Waals surface area contributed by atoms with Crippen molar-refractivity contribution in [3.8, 4) is 10.4 Å². The van der Waals surface area contributed by atoms with Gasteiger partial charge >= 0.3 is 0 Å². The van der Waals surface area contributed by atoms with Gasteiger partial charge in [0.2, 0.25) is 5.91 Å². The zero-order valence-electron chi connectivity index (χ0n) is 17.9. The molecular formula is C26H20N2O2S3. The van der Waals surface area contributed by atoms with Crippen LogP contribution in [0.2, 0.25) is 0 Å². The number of carbonyl (C=O) groups is 1. The van der Waals surface area contributed by atoms with Gasteiger partial charge in [0, 0.05) is 33.7 Å². The summed E-state index contributed by atoms with van der Waals surface area (Å²) in [4.78, 5) is 30.9. The van der Waals surface area contributed by atoms with Gasteiger partial charge in [-0.1, -0.05) is 65.9 Å². The van der Waals surface area contributed by atoms with Gasteiger partial charge in [0.05, 0.1) is 11.4 Å². The number of anilines is 2. The minimum atomic E-state index is -0.183. The van der Waals surface area contributed by atoms with Crippen molar-refractivity contribution in [3.63, 3.8) is 0 Å². The first kappa shape index (κ1) is 21.8. The predicted octanol–water partition coefficient (Wildman–Crippen LogP) is 6.83. The van der Waals surface area contributed by atoms with Crippen LogP contribution in [0.3, 0.4) is 0 Å². The zero-order valence-corrected chi connectivity index (χ0v) is 20.3. The van der Waals surface area contributed by atoms with Crippen molar-refractivity contribution in [2.24, 2.45) is 0 Å². The minimum absolute atomic E-state index is 0.0656. The van der Waals surface area contributed by atoms with Gasteiger partial charge in [0.1, 0.15) is 0 Å². The van der Waals surface area contributed by atoms with Crippen molar-refractivity contribution in [1.82, 2.24) is 4.57 Å². The smallest absolute Gasteiger partial charge is 0.253 e. The van der Waals surface area contributed by atoms with Gasteiger partial charge in [0.25, 0.3) is 5.56 Å². The zero-order chi connectivity index (χ0) is 22.9. The number of para-hydroxylation sites is 2. The number of hydrogen-bond donors (Lipinski definition) is 0. The monoisotopic (exact) mass is 488 g/mol. The molecule has 0 saturated carbocycles. The average Bonchev–Trinajstić information content (AvgIpc) is 2.82. The molecule has 1 aliphatic rings. The summed E-state index contributed by atoms with van der Waals surface area (Å²) in [6, 6.07) is 25.4. The molecule has 4 nitrogen and oxygen atoms in total. The molecule has 0 N–H and O–H groups in total. The molecule has 0 bridgehead atoms. The summed E-state index contributed by atoms with van der Waals surface area (Å²) >= 11 is 8.59. The Morgan fingerprint density at radius 3 is 2.12 bits per heavy atom. The Balaban J connectivity index is 1.42. The lowest BCUT2D eigenvalue weighted by Gasteiger charge is -2.31. The van der Waals surface area contributed by atoms with E-state index in [0.717, 1.165) is 37.2 Å². The van der Waals surface area contributed by atoms with Crippen LogP contribution in [-0.4, -0.2) is 10.5 Å². The highest BCUT2D eigenvalue weighted by Gasteiger charge is 2.27. The van der Waals surface area contributed by atoms with Crippen LogP contribution in [-0.2, 0) is 11.3 Å². The number of fused-ring (bicyclic) bond motifs is 2. The van der Waals surface area contributed by atoms with Crippen LogP contribution < -0.4 is 10.5 Å². The van der Waals surface area contributed by atoms with Crippen LogP contribution in [0.15, 0.2) is 93.4 Å². The fourth-order valence-corrected chi connectivity index (χ4v) is 6.21. The molecule has 33 heavy (non-hydrogen) atoms. The Kier molecular flexibility index (Phi) is 6.01. The standard InChI is InChI=1S/C26H20N2O2S3/c1-17-10-12-18(13-11-17)23-16-25(30)27(26(31)33-23)15-14-24(29)28-19-6-2-4-8-21(19)32-22-9-5-3-7-20(22)28/h2-13,16H,14-15H2,1H3. The molecule has 0 spiro atoms. The van der Waals surface area contributed by atoms with Crippen LogP contribution in [0.4, 0.5) is 11.4 Å². The van der Waals surface area contributed by atoms with Gasteiger partial charge in [-0.05, 0) is 49.0 Å². The molecule has 0 radical (unpaired) electrons. The van der Waals surface area contributed by atoms with Crippen LogP contribution in [0.1, 0.15) is 12.0 Å². The van der Waals surface area contributed by atoms with Crippen LogP contribution in [0, 0.1) is 10.9 Å². The Morgan fingerprint density at radius 1 is 0.909 bits per heavy atom. The largest absolute Gasteiger partial charge is 0.291 e. The van der Waals surface area contributed by atoms with Crippen molar-refractivity contribution in [3.05, 3.63) is 98.7 Å². The lowest BCUT2D eigenvalue weighted by molar-refractivity contribution is -0.118. The third-order valence-electron chi connectivity index (χ3n) is 5.51. The molecule has 0 fully saturated rings. The van der Waals surface area contributed by atoms with Gasteiger partial charge in [-0.25, -0.2) is 0 Å². The molecule has 5 rings (SSSR count). The highest BCUT2D eigenvalue weighted by Crippen LogP contribution is 2.48. The summed E-state index contributed by atoms with van der Waals surface area (Å²) in [5, 5.41) is 0. The normalized spacial score (nSPS) is 12.2. The number of rotatable bonds is 4. The van der Waals surface area contributed by atoms with E-state index in [1.54, 1.807) is 22.7 Å². The Bertz CT molecular complexity index is 1400. The van der Waals surface area contributed by atoms with Gasteiger partial charge in [0.15, 0.2) is 3.95 Å². The number of aryl methyl sites for hydroxylation is 1. The molecule has 3 aromatic carbocycles. The Hall–Kier alpha value is -3.00. The lowest BCUT2D eigenvalue weighted by Crippen LogP contribution is -2.30. The lowest BCUT2D eigenvalue weighted by atomic mass is 10.1. The Labute approximate surface area is 205 Å². The molecule has 2 heterocycles. The van der Waals surface area contributed by atoms with E-state index in [2.05, 4.69) is 0 Å². The first-order valence-electron chi connectivity index (χ1n) is 10.5. The van der Waals surface area contributed by atoms with E-state index in [0.29, 0.717) is 3.95 Å². The maximum atomic E-state index is 13.4. The van der Waals surface area contributed by atoms with Crippen molar-refractivity contribution >= 4 is 52.6 Å². The highest BCUT2D eigenvalue weighted by atomic mass is 32.2. The Morgan fingerprint density at radius 2 is 1.52 bits per heavy atom. The van der Waals surface area contributed by atoms with E-state index in [1.807, 2.05) is 79.7 Å². The molecule has 0 aliphatic carbocycles. The molecule has 1 aliphatic heterocycles. The first-order chi connectivity index (χ1) is 16.0. The van der Waals surface area contributed by atoms with E-state index in [1.165, 1.54) is 15.9 Å². The summed E-state index contributed by atoms with van der Waals surface area (Å²) in [5.41, 5.74) is 3.69. The SMILES string of the molecule is Cc1ccc(-c2cc(=O)n(CCC(=O)N3c4ccccc4Sc4ccccc43)c(=S)s2)cc1. The van der Waals surface area contributed by atoms with Gasteiger partial charge < -0.3 is 0 Å². The molecule has 0 atom stereocenters. The second-order valence-electron chi connectivity index (χ2n) is 7.75. The van der Waals surface area contributed by atoms with Crippen molar-refractivity contribution in [2.45, 2.75) is 29.7 Å². The summed E-state index contributed by atoms with van der Waals surface area (Å²) in [7, 11) is 0. The van der Waals surface area contributed by atoms with E-state index in [9.17, 15) is 9.59 Å². The van der Waals surface area contributed by atoms with Gasteiger partial charge in [-0.2, -0.15) is 0 Å². The van der Waals surface area contributed by atoms with Crippen LogP contribution >= 0.6 is 35.3 Å². The fraction of sp³-hybridized carbons (Fsp3) is 0.115. The predicted molar refractivity (Wildman–Crippen MR) is 138 cm³/mol. The van der Waals surface area contributed by atoms with Crippen molar-refractivity contribution in [2.75, 3.05) is 4.90 Å². The van der Waals surface area contributed by atoms with Gasteiger partial charge in [-0.15, -0.1) is 11.3 Å². The average molecular weight is 489 g/mol. The van der Waals surface area contributed by atoms with E-state index in [4.69, 9.17) is 12.2 Å². The fourth-order valence-electron chi connectivity index (χ4n) is 3.81. The maximum absolute atomic E-state index is 13.4. The van der Waals surface area contributed by atoms with Crippen LogP contribution in [0.5, 0.6) is 0 Å². The van der Waals surface area contributed by atoms with Crippen LogP contribution in [0.25, 0.3) is 10.4 Å². The molecule has 1 aromatic heterocycles. The third-order valence-corrected chi connectivity index (χ3v) is 8.07. The number of benzene rings is 3. The molecular weight excluding hydrogens is 468 g/mol. The topological polar surface area (TPSA) is 42.3 Å². The summed E-state index contributed by atoms with van der Waals surface area (Å²) in [6.45, 7) is 2.27. The van der Waals surface area contributed by atoms with E-state index < -0.39 is 0 Å². The molecule has 1 amide bonds. The number of nitrogens with zero attached hydrogens (tertiary/aromatic N) is 2. The molecule has 7 heteroatoms. The molecule has 4 aromatic rings. The summed E-state index contributed by atoms with van der Waals surface area (Å²) in [5.74, 6) is -0.0656. The first-order valence-corrected chi connectivity index (χ1v) is 12.6. The second-order valence-corrected chi connectivity index (χ2v) is 10.5. The maximum Gasteiger partial charge on any atom is 0.253 e. The molecule has 164 valence electrons. The summed E-state index contributed by atoms with van der Waals surface area (Å²) in [6.07, 6.45) is 0.174. The molecule has 0 unspecified atom stereocenters. The third kappa shape index (κ3) is 4.31. The van der Waals surface area contributed by atoms with Crippen molar-refractivity contribution in [1.29, 1.82) is 0 Å². The number of aromatic nitrogens is 1. The van der Waals surface area contributed by atoms with Crippen molar-refractivity contribution < 1.29 is 4.79 Å². The summed E-state index contributed by atoms with van der Waals surface area (Å²) < 4.78 is 1.99. The van der Waals surface area contributed by atoms with E-state index in [-0.39, 0.29) is 24.4 Å². The number of hydrogen-bond acceptors (Lipinski definition) is 5. The quantitative estimate of drug-likeness (QED) is 0.295. The number of amides is 1. The second kappa shape index (κ2) is 9.09. The minimum Gasteiger partial charge on any atom is -0.291 e.